The van der Waals surface area contributed by atoms with Crippen molar-refractivity contribution in [2.24, 2.45) is 11.6 Å². The zero-order chi connectivity index (χ0) is 20.2. The Morgan fingerprint density at radius 1 is 1.22 bits per heavy atom. The van der Waals surface area contributed by atoms with Crippen molar-refractivity contribution in [3.63, 3.8) is 0 Å². The van der Waals surface area contributed by atoms with E-state index in [-0.39, 0.29) is 29.2 Å². The Morgan fingerprint density at radius 3 is 2.22 bits per heavy atom. The number of hydrogen-bond donors (Lipinski definition) is 4. The van der Waals surface area contributed by atoms with E-state index in [1.54, 1.807) is 24.1 Å². The molecule has 1 aromatic carbocycles. The summed E-state index contributed by atoms with van der Waals surface area (Å²) in [6.45, 7) is 0. The van der Waals surface area contributed by atoms with Crippen LogP contribution >= 0.6 is 0 Å². The number of hydrogen-bond acceptors (Lipinski definition) is 6. The number of nitrogens with zero attached hydrogens (tertiary/aromatic N) is 1. The van der Waals surface area contributed by atoms with Gasteiger partial charge >= 0.3 is 12.3 Å². The molecule has 0 spiro atoms. The summed E-state index contributed by atoms with van der Waals surface area (Å²) in [5.41, 5.74) is 8.68. The second-order valence-electron chi connectivity index (χ2n) is 6.44. The maximum Gasteiger partial charge on any atom is 0.573 e. The first kappa shape index (κ1) is 20.7. The Balaban J connectivity index is 1.98. The second kappa shape index (κ2) is 8.38. The van der Waals surface area contributed by atoms with E-state index >= 15 is 0 Å². The Morgan fingerprint density at radius 2 is 1.78 bits per heavy atom. The third-order valence-electron chi connectivity index (χ3n) is 4.82. The Kier molecular flexibility index (Phi) is 6.42. The van der Waals surface area contributed by atoms with Gasteiger partial charge in [0.25, 0.3) is 0 Å². The number of carboxylic acid groups (broad SMARTS) is 1. The van der Waals surface area contributed by atoms with Gasteiger partial charge in [0.2, 0.25) is 0 Å². The first-order valence-electron chi connectivity index (χ1n) is 8.40. The van der Waals surface area contributed by atoms with Gasteiger partial charge in [-0.1, -0.05) is 12.1 Å². The van der Waals surface area contributed by atoms with Gasteiger partial charge in [0, 0.05) is 13.1 Å². The average Bonchev–Trinajstić information content (AvgIpc) is 2.61. The number of alkyl halides is 3. The smallest absolute Gasteiger partial charge is 0.476 e. The molecule has 0 bridgehead atoms. The molecule has 0 aromatic heterocycles. The van der Waals surface area contributed by atoms with Crippen LogP contribution in [0.3, 0.4) is 0 Å². The van der Waals surface area contributed by atoms with Crippen LogP contribution in [0.1, 0.15) is 37.2 Å². The van der Waals surface area contributed by atoms with E-state index < -0.39 is 12.3 Å². The van der Waals surface area contributed by atoms with Crippen molar-refractivity contribution in [2.45, 2.75) is 44.0 Å². The lowest BCUT2D eigenvalue weighted by Crippen LogP contribution is -2.41. The highest BCUT2D eigenvalue weighted by Gasteiger charge is 2.31. The second-order valence-corrected chi connectivity index (χ2v) is 6.44. The van der Waals surface area contributed by atoms with Crippen molar-refractivity contribution >= 4 is 5.97 Å². The quantitative estimate of drug-likeness (QED) is 0.336. The number of halogens is 3. The molecule has 0 unspecified atom stereocenters. The SMILES string of the molecule is CN(/C(N)=C(/NN)C(=O)O)C1CCC(c2ccc(OC(F)(F)F)cc2)CC1. The molecular weight excluding hydrogens is 365 g/mol. The average molecular weight is 388 g/mol. The van der Waals surface area contributed by atoms with Gasteiger partial charge in [-0.25, -0.2) is 4.79 Å². The normalized spacial score (nSPS) is 21.2. The third-order valence-corrected chi connectivity index (χ3v) is 4.82. The van der Waals surface area contributed by atoms with Crippen LogP contribution in [0.5, 0.6) is 5.75 Å². The highest BCUT2D eigenvalue weighted by molar-refractivity contribution is 5.86. The molecule has 0 aliphatic heterocycles. The number of nitrogens with two attached hydrogens (primary N) is 2. The number of benzene rings is 1. The molecule has 10 heteroatoms. The molecule has 150 valence electrons. The number of nitrogens with one attached hydrogen (secondary N) is 1. The third kappa shape index (κ3) is 5.43. The van der Waals surface area contributed by atoms with Crippen molar-refractivity contribution in [3.8, 4) is 5.75 Å². The summed E-state index contributed by atoms with van der Waals surface area (Å²) < 4.78 is 40.6. The van der Waals surface area contributed by atoms with E-state index in [1.165, 1.54) is 12.1 Å². The highest BCUT2D eigenvalue weighted by Crippen LogP contribution is 2.36. The van der Waals surface area contributed by atoms with Gasteiger partial charge < -0.3 is 25.9 Å². The van der Waals surface area contributed by atoms with Gasteiger partial charge in [0.1, 0.15) is 11.6 Å². The fourth-order valence-corrected chi connectivity index (χ4v) is 3.36. The van der Waals surface area contributed by atoms with Crippen molar-refractivity contribution in [1.82, 2.24) is 10.3 Å². The van der Waals surface area contributed by atoms with Crippen LogP contribution in [-0.2, 0) is 4.79 Å². The van der Waals surface area contributed by atoms with Gasteiger partial charge in [0.05, 0.1) is 0 Å². The molecule has 0 atom stereocenters. The summed E-state index contributed by atoms with van der Waals surface area (Å²) in [4.78, 5) is 12.8. The topological polar surface area (TPSA) is 114 Å². The summed E-state index contributed by atoms with van der Waals surface area (Å²) >= 11 is 0. The zero-order valence-corrected chi connectivity index (χ0v) is 14.8. The summed E-state index contributed by atoms with van der Waals surface area (Å²) in [6.07, 6.45) is -1.56. The van der Waals surface area contributed by atoms with E-state index in [4.69, 9.17) is 16.7 Å². The Hall–Kier alpha value is -2.62. The van der Waals surface area contributed by atoms with Crippen LogP contribution in [0.25, 0.3) is 0 Å². The number of rotatable bonds is 6. The molecule has 0 heterocycles. The van der Waals surface area contributed by atoms with Crippen LogP contribution in [0.2, 0.25) is 0 Å². The summed E-state index contributed by atoms with van der Waals surface area (Å²) in [5.74, 6) is 4.00. The van der Waals surface area contributed by atoms with E-state index in [0.29, 0.717) is 0 Å². The molecule has 1 fully saturated rings. The molecule has 6 N–H and O–H groups in total. The lowest BCUT2D eigenvalue weighted by Gasteiger charge is -2.36. The molecule has 7 nitrogen and oxygen atoms in total. The van der Waals surface area contributed by atoms with Crippen molar-refractivity contribution in [2.75, 3.05) is 7.05 Å². The molecular formula is C17H23F3N4O3. The summed E-state index contributed by atoms with van der Waals surface area (Å²) in [6, 6.07) is 5.97. The lowest BCUT2D eigenvalue weighted by atomic mass is 9.81. The number of carboxylic acids is 1. The molecule has 0 saturated heterocycles. The molecule has 1 aliphatic carbocycles. The fourth-order valence-electron chi connectivity index (χ4n) is 3.36. The number of aliphatic carboxylic acids is 1. The molecule has 27 heavy (non-hydrogen) atoms. The maximum absolute atomic E-state index is 12.2. The molecule has 1 aromatic rings. The zero-order valence-electron chi connectivity index (χ0n) is 14.8. The number of ether oxygens (including phenoxy) is 1. The minimum absolute atomic E-state index is 0.0526. The van der Waals surface area contributed by atoms with Crippen LogP contribution in [0.15, 0.2) is 35.8 Å². The standard InChI is InChI=1S/C17H23F3N4O3/c1-24(15(21)14(23-22)16(25)26)12-6-2-10(3-7-12)11-4-8-13(9-5-11)27-17(18,19)20/h4-5,8-10,12,23H,2-3,6-7,21-22H2,1H3,(H,25,26)/b15-14+. The highest BCUT2D eigenvalue weighted by atomic mass is 19.4. The van der Waals surface area contributed by atoms with E-state index in [2.05, 4.69) is 10.2 Å². The molecule has 1 aliphatic rings. The van der Waals surface area contributed by atoms with Crippen LogP contribution in [0, 0.1) is 0 Å². The number of carbonyl (C=O) groups is 1. The van der Waals surface area contributed by atoms with Gasteiger partial charge in [-0.05, 0) is 49.3 Å². The minimum atomic E-state index is -4.70. The Bertz CT molecular complexity index is 684. The van der Waals surface area contributed by atoms with Crippen molar-refractivity contribution < 1.29 is 27.8 Å². The van der Waals surface area contributed by atoms with Crippen LogP contribution in [0.4, 0.5) is 13.2 Å². The molecule has 2 rings (SSSR count). The number of hydrazine groups is 1. The van der Waals surface area contributed by atoms with Crippen molar-refractivity contribution in [3.05, 3.63) is 41.3 Å². The van der Waals surface area contributed by atoms with Crippen LogP contribution in [-0.4, -0.2) is 35.4 Å². The Labute approximate surface area is 154 Å². The molecule has 1 saturated carbocycles. The van der Waals surface area contributed by atoms with Crippen molar-refractivity contribution in [1.29, 1.82) is 0 Å². The lowest BCUT2D eigenvalue weighted by molar-refractivity contribution is -0.274. The summed E-state index contributed by atoms with van der Waals surface area (Å²) in [5, 5.41) is 9.09. The monoisotopic (exact) mass is 388 g/mol. The fraction of sp³-hybridized carbons (Fsp3) is 0.471. The minimum Gasteiger partial charge on any atom is -0.476 e. The molecule has 0 amide bonds. The first-order valence-corrected chi connectivity index (χ1v) is 8.40. The van der Waals surface area contributed by atoms with Gasteiger partial charge in [-0.2, -0.15) is 0 Å². The van der Waals surface area contributed by atoms with Gasteiger partial charge in [-0.15, -0.1) is 13.2 Å². The first-order chi connectivity index (χ1) is 12.6. The molecule has 0 radical (unpaired) electrons. The predicted molar refractivity (Wildman–Crippen MR) is 92.1 cm³/mol. The van der Waals surface area contributed by atoms with E-state index in [0.717, 1.165) is 31.2 Å². The summed E-state index contributed by atoms with van der Waals surface area (Å²) in [7, 11) is 1.71. The van der Waals surface area contributed by atoms with E-state index in [1.807, 2.05) is 0 Å². The van der Waals surface area contributed by atoms with Crippen LogP contribution < -0.4 is 21.7 Å². The largest absolute Gasteiger partial charge is 0.573 e. The van der Waals surface area contributed by atoms with Gasteiger partial charge in [0.15, 0.2) is 5.70 Å². The van der Waals surface area contributed by atoms with E-state index in [9.17, 15) is 18.0 Å². The van der Waals surface area contributed by atoms with Gasteiger partial charge in [-0.3, -0.25) is 5.84 Å². The predicted octanol–water partition coefficient (Wildman–Crippen LogP) is 2.22. The maximum atomic E-state index is 12.2.